The molecule has 0 unspecified atom stereocenters. The zero-order valence-electron chi connectivity index (χ0n) is 6.86. The lowest BCUT2D eigenvalue weighted by Gasteiger charge is -2.05. The van der Waals surface area contributed by atoms with E-state index < -0.39 is 7.82 Å². The van der Waals surface area contributed by atoms with Crippen LogP contribution in [0.1, 0.15) is 20.3 Å². The topological polar surface area (TPSA) is 102 Å². The molecule has 0 saturated carbocycles. The Hall–Kier alpha value is 0.0700. The van der Waals surface area contributed by atoms with Gasteiger partial charge in [-0.3, -0.25) is 4.52 Å². The lowest BCUT2D eigenvalue weighted by atomic mass is 10.2. The third kappa shape index (κ3) is 13.1. The molecule has 0 saturated heterocycles. The summed E-state index contributed by atoms with van der Waals surface area (Å²) in [6.45, 7) is 4.05. The summed E-state index contributed by atoms with van der Waals surface area (Å²) < 4.78 is 14.3. The maximum atomic E-state index is 10.1. The summed E-state index contributed by atoms with van der Waals surface area (Å²) in [6.07, 6.45) is 0.672. The minimum Gasteiger partial charge on any atom is -0.344 e. The summed E-state index contributed by atoms with van der Waals surface area (Å²) in [5.41, 5.74) is 0. The van der Waals surface area contributed by atoms with Gasteiger partial charge in [0.2, 0.25) is 0 Å². The van der Waals surface area contributed by atoms with Crippen molar-refractivity contribution >= 4 is 7.82 Å². The Labute approximate surface area is 66.6 Å². The Bertz CT molecular complexity index is 132. The van der Waals surface area contributed by atoms with Gasteiger partial charge in [-0.2, -0.15) is 0 Å². The molecule has 0 aromatic rings. The van der Waals surface area contributed by atoms with Crippen LogP contribution >= 0.6 is 7.82 Å². The first-order chi connectivity index (χ1) is 4.42. The standard InChI is InChI=1S/C5H13O4P.H3N/c1-5(2)3-4-9-10(6,7)8;/h5H,3-4H2,1-2H3,(H2,6,7,8);1H3. The van der Waals surface area contributed by atoms with Crippen molar-refractivity contribution in [1.29, 1.82) is 0 Å². The number of phosphoric ester groups is 1. The third-order valence-corrected chi connectivity index (χ3v) is 1.47. The molecule has 0 bridgehead atoms. The first-order valence-electron chi connectivity index (χ1n) is 3.12. The van der Waals surface area contributed by atoms with Crippen LogP contribution in [0, 0.1) is 5.92 Å². The summed E-state index contributed by atoms with van der Waals surface area (Å²) >= 11 is 0. The molecule has 70 valence electrons. The van der Waals surface area contributed by atoms with Crippen molar-refractivity contribution in [3.8, 4) is 0 Å². The second kappa shape index (κ2) is 5.69. The molecule has 0 spiro atoms. The predicted molar refractivity (Wildman–Crippen MR) is 42.5 cm³/mol. The number of hydrogen-bond donors (Lipinski definition) is 3. The molecule has 0 fully saturated rings. The van der Waals surface area contributed by atoms with Crippen molar-refractivity contribution in [1.82, 2.24) is 6.15 Å². The van der Waals surface area contributed by atoms with E-state index in [1.165, 1.54) is 0 Å². The van der Waals surface area contributed by atoms with Crippen molar-refractivity contribution < 1.29 is 18.9 Å². The molecule has 0 atom stereocenters. The fourth-order valence-corrected chi connectivity index (χ4v) is 0.751. The van der Waals surface area contributed by atoms with Gasteiger partial charge in [-0.25, -0.2) is 4.57 Å². The zero-order chi connectivity index (χ0) is 8.20. The van der Waals surface area contributed by atoms with Crippen LogP contribution in [0.15, 0.2) is 0 Å². The average Bonchev–Trinajstić information content (AvgIpc) is 1.59. The molecule has 0 heterocycles. The smallest absolute Gasteiger partial charge is 0.344 e. The number of phosphoric acid groups is 1. The molecule has 0 aromatic heterocycles. The number of hydrogen-bond acceptors (Lipinski definition) is 3. The zero-order valence-corrected chi connectivity index (χ0v) is 7.75. The molecule has 0 aliphatic heterocycles. The van der Waals surface area contributed by atoms with Crippen molar-refractivity contribution in [2.24, 2.45) is 5.92 Å². The fourth-order valence-electron chi connectivity index (χ4n) is 0.407. The van der Waals surface area contributed by atoms with Gasteiger partial charge < -0.3 is 15.9 Å². The van der Waals surface area contributed by atoms with Crippen LogP contribution in [0.4, 0.5) is 0 Å². The summed E-state index contributed by atoms with van der Waals surface area (Å²) in [6, 6.07) is 0. The second-order valence-corrected chi connectivity index (χ2v) is 3.75. The van der Waals surface area contributed by atoms with E-state index >= 15 is 0 Å². The maximum Gasteiger partial charge on any atom is 0.469 e. The highest BCUT2D eigenvalue weighted by molar-refractivity contribution is 7.46. The van der Waals surface area contributed by atoms with E-state index in [1.54, 1.807) is 0 Å². The lowest BCUT2D eigenvalue weighted by molar-refractivity contribution is 0.188. The van der Waals surface area contributed by atoms with Crippen molar-refractivity contribution in [3.05, 3.63) is 0 Å². The van der Waals surface area contributed by atoms with Gasteiger partial charge in [0.25, 0.3) is 0 Å². The van der Waals surface area contributed by atoms with Crippen LogP contribution in [-0.2, 0) is 9.09 Å². The van der Waals surface area contributed by atoms with Gasteiger partial charge in [-0.1, -0.05) is 13.8 Å². The molecular weight excluding hydrogens is 169 g/mol. The molecule has 0 aromatic carbocycles. The van der Waals surface area contributed by atoms with E-state index in [1.807, 2.05) is 13.8 Å². The molecule has 0 aliphatic carbocycles. The van der Waals surface area contributed by atoms with E-state index in [0.29, 0.717) is 12.3 Å². The van der Waals surface area contributed by atoms with Crippen molar-refractivity contribution in [2.75, 3.05) is 6.61 Å². The maximum absolute atomic E-state index is 10.1. The molecule has 0 radical (unpaired) electrons. The Morgan fingerprint density at radius 2 is 1.91 bits per heavy atom. The van der Waals surface area contributed by atoms with Gasteiger partial charge in [0.1, 0.15) is 0 Å². The Morgan fingerprint density at radius 3 is 2.18 bits per heavy atom. The summed E-state index contributed by atoms with van der Waals surface area (Å²) in [4.78, 5) is 16.4. The molecule has 6 heteroatoms. The van der Waals surface area contributed by atoms with Gasteiger partial charge in [0.15, 0.2) is 0 Å². The van der Waals surface area contributed by atoms with Crippen LogP contribution < -0.4 is 6.15 Å². The van der Waals surface area contributed by atoms with Crippen molar-refractivity contribution in [3.63, 3.8) is 0 Å². The Balaban J connectivity index is 0. The van der Waals surface area contributed by atoms with E-state index in [-0.39, 0.29) is 12.8 Å². The van der Waals surface area contributed by atoms with Crippen LogP contribution in [0.3, 0.4) is 0 Å². The highest BCUT2D eigenvalue weighted by atomic mass is 31.2. The summed E-state index contributed by atoms with van der Waals surface area (Å²) in [5.74, 6) is 0.409. The molecule has 5 N–H and O–H groups in total. The lowest BCUT2D eigenvalue weighted by Crippen LogP contribution is -1.96. The van der Waals surface area contributed by atoms with Crippen LogP contribution in [0.5, 0.6) is 0 Å². The summed E-state index contributed by atoms with van der Waals surface area (Å²) in [5, 5.41) is 0. The van der Waals surface area contributed by atoms with Gasteiger partial charge in [0.05, 0.1) is 6.61 Å². The van der Waals surface area contributed by atoms with Gasteiger partial charge >= 0.3 is 7.82 Å². The predicted octanol–water partition coefficient (Wildman–Crippen LogP) is 1.30. The van der Waals surface area contributed by atoms with Crippen LogP contribution in [-0.4, -0.2) is 16.4 Å². The van der Waals surface area contributed by atoms with E-state index in [4.69, 9.17) is 9.79 Å². The van der Waals surface area contributed by atoms with Crippen molar-refractivity contribution in [2.45, 2.75) is 20.3 Å². The molecule has 0 rings (SSSR count). The fraction of sp³-hybridized carbons (Fsp3) is 1.00. The molecule has 0 amide bonds. The molecule has 5 nitrogen and oxygen atoms in total. The average molecular weight is 185 g/mol. The first kappa shape index (κ1) is 13.6. The normalized spacial score (nSPS) is 11.4. The van der Waals surface area contributed by atoms with Crippen LogP contribution in [0.25, 0.3) is 0 Å². The number of rotatable bonds is 4. The highest BCUT2D eigenvalue weighted by Gasteiger charge is 2.12. The quantitative estimate of drug-likeness (QED) is 0.573. The van der Waals surface area contributed by atoms with E-state index in [2.05, 4.69) is 4.52 Å². The molecular formula is C5H16NO4P. The minimum absolute atomic E-state index is 0. The summed E-state index contributed by atoms with van der Waals surface area (Å²) in [7, 11) is -4.22. The van der Waals surface area contributed by atoms with Gasteiger partial charge in [-0.05, 0) is 12.3 Å². The minimum atomic E-state index is -4.22. The SMILES string of the molecule is CC(C)CCOP(=O)(O)O.N. The molecule has 11 heavy (non-hydrogen) atoms. The second-order valence-electron chi connectivity index (χ2n) is 2.51. The van der Waals surface area contributed by atoms with Crippen LogP contribution in [0.2, 0.25) is 0 Å². The third-order valence-electron chi connectivity index (χ3n) is 0.955. The first-order valence-corrected chi connectivity index (χ1v) is 4.65. The van der Waals surface area contributed by atoms with E-state index in [9.17, 15) is 4.57 Å². The Morgan fingerprint density at radius 1 is 1.45 bits per heavy atom. The van der Waals surface area contributed by atoms with E-state index in [0.717, 1.165) is 0 Å². The van der Waals surface area contributed by atoms with Gasteiger partial charge in [-0.15, -0.1) is 0 Å². The highest BCUT2D eigenvalue weighted by Crippen LogP contribution is 2.35. The van der Waals surface area contributed by atoms with Gasteiger partial charge in [0, 0.05) is 0 Å². The monoisotopic (exact) mass is 185 g/mol. The molecule has 0 aliphatic rings. The Kier molecular flexibility index (Phi) is 7.05. The largest absolute Gasteiger partial charge is 0.469 e.